The first-order chi connectivity index (χ1) is 8.70. The minimum absolute atomic E-state index is 0.146. The van der Waals surface area contributed by atoms with Gasteiger partial charge in [-0.3, -0.25) is 4.79 Å². The molecule has 96 valence electrons. The van der Waals surface area contributed by atoms with Crippen LogP contribution in [0.5, 0.6) is 0 Å². The number of carbonyl (C=O) groups excluding carboxylic acids is 1. The number of fused-ring (bicyclic) bond motifs is 1. The molecule has 1 heterocycles. The van der Waals surface area contributed by atoms with E-state index in [2.05, 4.69) is 16.0 Å². The maximum absolute atomic E-state index is 11.3. The Morgan fingerprint density at radius 3 is 3.00 bits per heavy atom. The Hall–Kier alpha value is -1.97. The number of hydrogen-bond donors (Lipinski definition) is 1. The van der Waals surface area contributed by atoms with Crippen LogP contribution in [0.3, 0.4) is 0 Å². The van der Waals surface area contributed by atoms with Gasteiger partial charge in [-0.15, -0.1) is 0 Å². The highest BCUT2D eigenvalue weighted by molar-refractivity contribution is 5.83. The summed E-state index contributed by atoms with van der Waals surface area (Å²) in [5.74, 6) is -0.146. The zero-order valence-corrected chi connectivity index (χ0v) is 10.8. The van der Waals surface area contributed by atoms with Crippen LogP contribution in [-0.4, -0.2) is 31.2 Å². The van der Waals surface area contributed by atoms with Crippen molar-refractivity contribution in [3.8, 4) is 0 Å². The van der Waals surface area contributed by atoms with E-state index in [1.54, 1.807) is 0 Å². The lowest BCUT2D eigenvalue weighted by Crippen LogP contribution is -2.21. The van der Waals surface area contributed by atoms with E-state index in [0.29, 0.717) is 19.6 Å². The highest BCUT2D eigenvalue weighted by atomic mass is 16.5. The largest absolute Gasteiger partial charge is 0.466 e. The number of H-pyrrole nitrogens is 1. The van der Waals surface area contributed by atoms with Crippen LogP contribution >= 0.6 is 0 Å². The van der Waals surface area contributed by atoms with E-state index in [1.807, 2.05) is 38.4 Å². The summed E-state index contributed by atoms with van der Waals surface area (Å²) in [7, 11) is 1.98. The number of aromatic amines is 1. The second kappa shape index (κ2) is 5.58. The molecule has 0 saturated heterocycles. The third-order valence-electron chi connectivity index (χ3n) is 2.93. The van der Waals surface area contributed by atoms with Gasteiger partial charge in [0.15, 0.2) is 0 Å². The van der Waals surface area contributed by atoms with Crippen LogP contribution in [0.15, 0.2) is 30.5 Å². The maximum atomic E-state index is 11.3. The fourth-order valence-corrected chi connectivity index (χ4v) is 1.90. The molecule has 18 heavy (non-hydrogen) atoms. The quantitative estimate of drug-likeness (QED) is 0.825. The Morgan fingerprint density at radius 1 is 1.39 bits per heavy atom. The predicted octanol–water partition coefficient (Wildman–Crippen LogP) is 2.56. The monoisotopic (exact) mass is 246 g/mol. The summed E-state index contributed by atoms with van der Waals surface area (Å²) < 4.78 is 4.92. The Bertz CT molecular complexity index is 533. The van der Waals surface area contributed by atoms with Crippen molar-refractivity contribution < 1.29 is 9.53 Å². The number of nitrogens with zero attached hydrogens (tertiary/aromatic N) is 1. The molecular formula is C14H18N2O2. The zero-order chi connectivity index (χ0) is 13.0. The number of anilines is 1. The van der Waals surface area contributed by atoms with Crippen molar-refractivity contribution in [1.29, 1.82) is 0 Å². The number of nitrogens with one attached hydrogen (secondary N) is 1. The molecule has 0 amide bonds. The number of hydrogen-bond acceptors (Lipinski definition) is 3. The summed E-state index contributed by atoms with van der Waals surface area (Å²) in [5, 5.41) is 1.18. The van der Waals surface area contributed by atoms with Crippen molar-refractivity contribution >= 4 is 22.6 Å². The molecule has 1 N–H and O–H groups in total. The molecule has 4 nitrogen and oxygen atoms in total. The van der Waals surface area contributed by atoms with Gasteiger partial charge < -0.3 is 14.6 Å². The second-order valence-electron chi connectivity index (χ2n) is 4.23. The Kier molecular flexibility index (Phi) is 3.87. The number of ether oxygens (including phenoxy) is 1. The molecule has 0 radical (unpaired) electrons. The van der Waals surface area contributed by atoms with Gasteiger partial charge in [-0.05, 0) is 31.2 Å². The van der Waals surface area contributed by atoms with Gasteiger partial charge in [-0.1, -0.05) is 0 Å². The van der Waals surface area contributed by atoms with Crippen molar-refractivity contribution in [3.05, 3.63) is 30.5 Å². The van der Waals surface area contributed by atoms with E-state index >= 15 is 0 Å². The lowest BCUT2D eigenvalue weighted by atomic mass is 10.2. The van der Waals surface area contributed by atoms with Gasteiger partial charge in [-0.2, -0.15) is 0 Å². The van der Waals surface area contributed by atoms with Crippen LogP contribution in [0.1, 0.15) is 13.3 Å². The molecule has 0 unspecified atom stereocenters. The number of carbonyl (C=O) groups is 1. The highest BCUT2D eigenvalue weighted by Gasteiger charge is 2.06. The third kappa shape index (κ3) is 2.83. The van der Waals surface area contributed by atoms with Gasteiger partial charge in [0, 0.05) is 36.4 Å². The van der Waals surface area contributed by atoms with Gasteiger partial charge in [0.2, 0.25) is 0 Å². The Labute approximate surface area is 107 Å². The zero-order valence-electron chi connectivity index (χ0n) is 10.8. The molecule has 0 aliphatic rings. The van der Waals surface area contributed by atoms with Crippen LogP contribution in [0.25, 0.3) is 10.9 Å². The van der Waals surface area contributed by atoms with Crippen LogP contribution in [0.2, 0.25) is 0 Å². The predicted molar refractivity (Wildman–Crippen MR) is 72.8 cm³/mol. The van der Waals surface area contributed by atoms with E-state index in [1.165, 1.54) is 5.39 Å². The molecule has 0 aliphatic carbocycles. The molecule has 0 bridgehead atoms. The molecule has 0 atom stereocenters. The lowest BCUT2D eigenvalue weighted by molar-refractivity contribution is -0.142. The molecule has 1 aromatic heterocycles. The summed E-state index contributed by atoms with van der Waals surface area (Å²) in [4.78, 5) is 16.5. The molecule has 0 fully saturated rings. The average Bonchev–Trinajstić information content (AvgIpc) is 2.83. The van der Waals surface area contributed by atoms with Gasteiger partial charge in [0.1, 0.15) is 0 Å². The fraction of sp³-hybridized carbons (Fsp3) is 0.357. The number of benzene rings is 1. The van der Waals surface area contributed by atoms with Crippen molar-refractivity contribution in [3.63, 3.8) is 0 Å². The van der Waals surface area contributed by atoms with E-state index in [-0.39, 0.29) is 5.97 Å². The van der Waals surface area contributed by atoms with Crippen molar-refractivity contribution in [2.24, 2.45) is 0 Å². The van der Waals surface area contributed by atoms with Gasteiger partial charge >= 0.3 is 5.97 Å². The summed E-state index contributed by atoms with van der Waals surface area (Å²) >= 11 is 0. The van der Waals surface area contributed by atoms with Crippen LogP contribution in [0.4, 0.5) is 5.69 Å². The first kappa shape index (κ1) is 12.5. The van der Waals surface area contributed by atoms with Crippen molar-refractivity contribution in [2.75, 3.05) is 25.1 Å². The van der Waals surface area contributed by atoms with Crippen molar-refractivity contribution in [2.45, 2.75) is 13.3 Å². The molecule has 1 aromatic carbocycles. The smallest absolute Gasteiger partial charge is 0.307 e. The van der Waals surface area contributed by atoms with E-state index < -0.39 is 0 Å². The highest BCUT2D eigenvalue weighted by Crippen LogP contribution is 2.20. The van der Waals surface area contributed by atoms with Gasteiger partial charge in [-0.25, -0.2) is 0 Å². The lowest BCUT2D eigenvalue weighted by Gasteiger charge is -2.18. The molecule has 4 heteroatoms. The summed E-state index contributed by atoms with van der Waals surface area (Å²) in [5.41, 5.74) is 2.23. The number of aromatic nitrogens is 1. The molecular weight excluding hydrogens is 228 g/mol. The second-order valence-corrected chi connectivity index (χ2v) is 4.23. The summed E-state index contributed by atoms with van der Waals surface area (Å²) in [6.45, 7) is 2.92. The first-order valence-corrected chi connectivity index (χ1v) is 6.14. The maximum Gasteiger partial charge on any atom is 0.307 e. The summed E-state index contributed by atoms with van der Waals surface area (Å²) in [6, 6.07) is 8.24. The SMILES string of the molecule is CCOC(=O)CCN(C)c1ccc2[nH]ccc2c1. The molecule has 0 saturated carbocycles. The average molecular weight is 246 g/mol. The van der Waals surface area contributed by atoms with E-state index in [0.717, 1.165) is 11.2 Å². The number of rotatable bonds is 5. The van der Waals surface area contributed by atoms with Gasteiger partial charge in [0.25, 0.3) is 0 Å². The van der Waals surface area contributed by atoms with Crippen LogP contribution in [0, 0.1) is 0 Å². The molecule has 2 rings (SSSR count). The standard InChI is InChI=1S/C14H18N2O2/c1-3-18-14(17)7-9-16(2)12-4-5-13-11(10-12)6-8-15-13/h4-6,8,10,15H,3,7,9H2,1-2H3. The van der Waals surface area contributed by atoms with Crippen LogP contribution < -0.4 is 4.90 Å². The molecule has 0 aliphatic heterocycles. The fourth-order valence-electron chi connectivity index (χ4n) is 1.90. The molecule has 0 spiro atoms. The third-order valence-corrected chi connectivity index (χ3v) is 2.93. The Morgan fingerprint density at radius 2 is 2.22 bits per heavy atom. The van der Waals surface area contributed by atoms with E-state index in [9.17, 15) is 4.79 Å². The summed E-state index contributed by atoms with van der Waals surface area (Å²) in [6.07, 6.45) is 2.34. The van der Waals surface area contributed by atoms with Gasteiger partial charge in [0.05, 0.1) is 13.0 Å². The van der Waals surface area contributed by atoms with E-state index in [4.69, 9.17) is 4.74 Å². The minimum atomic E-state index is -0.146. The topological polar surface area (TPSA) is 45.3 Å². The molecule has 2 aromatic rings. The van der Waals surface area contributed by atoms with Crippen molar-refractivity contribution in [1.82, 2.24) is 4.98 Å². The Balaban J connectivity index is 1.99. The normalized spacial score (nSPS) is 10.6. The minimum Gasteiger partial charge on any atom is -0.466 e. The van der Waals surface area contributed by atoms with Crippen LogP contribution in [-0.2, 0) is 9.53 Å². The first-order valence-electron chi connectivity index (χ1n) is 6.14. The number of esters is 1.